The zero-order valence-electron chi connectivity index (χ0n) is 11.8. The third-order valence-corrected chi connectivity index (χ3v) is 3.82. The summed E-state index contributed by atoms with van der Waals surface area (Å²) in [4.78, 5) is 11.2. The minimum atomic E-state index is -0.125. The molecule has 0 aliphatic carbocycles. The molecule has 1 aromatic rings. The van der Waals surface area contributed by atoms with Crippen molar-refractivity contribution in [3.8, 4) is 0 Å². The van der Waals surface area contributed by atoms with Crippen LogP contribution in [0, 0.1) is 6.92 Å². The summed E-state index contributed by atoms with van der Waals surface area (Å²) in [6.45, 7) is 8.73. The molecule has 0 aromatic carbocycles. The molecule has 0 unspecified atom stereocenters. The van der Waals surface area contributed by atoms with Gasteiger partial charge in [0.05, 0.1) is 22.5 Å². The van der Waals surface area contributed by atoms with Gasteiger partial charge >= 0.3 is 5.97 Å². The quantitative estimate of drug-likeness (QED) is 0.587. The Hall–Kier alpha value is -0.880. The average Bonchev–Trinajstić information content (AvgIpc) is 2.66. The Labute approximate surface area is 122 Å². The van der Waals surface area contributed by atoms with Crippen LogP contribution in [0.4, 0.5) is 0 Å². The molecule has 108 valence electrons. The average molecular weight is 332 g/mol. The van der Waals surface area contributed by atoms with E-state index in [-0.39, 0.29) is 5.97 Å². The Balaban J connectivity index is 2.31. The standard InChI is InChI=1S/C13H22BrN3O2/c1-4-17-11(13(14)10(3)16-17)9-15-8-6-7-12(18)19-5-2/h15H,4-9H2,1-3H3. The summed E-state index contributed by atoms with van der Waals surface area (Å²) in [6.07, 6.45) is 1.25. The van der Waals surface area contributed by atoms with Crippen LogP contribution in [0.1, 0.15) is 38.1 Å². The summed E-state index contributed by atoms with van der Waals surface area (Å²) >= 11 is 3.56. The summed E-state index contributed by atoms with van der Waals surface area (Å²) in [5.74, 6) is -0.125. The van der Waals surface area contributed by atoms with Crippen LogP contribution in [-0.4, -0.2) is 28.9 Å². The molecule has 6 heteroatoms. The Bertz CT molecular complexity index is 418. The molecule has 0 atom stereocenters. The number of ether oxygens (including phenoxy) is 1. The van der Waals surface area contributed by atoms with Crippen molar-refractivity contribution in [3.05, 3.63) is 15.9 Å². The van der Waals surface area contributed by atoms with E-state index in [4.69, 9.17) is 4.74 Å². The zero-order chi connectivity index (χ0) is 14.3. The molecular formula is C13H22BrN3O2. The number of hydrogen-bond donors (Lipinski definition) is 1. The first-order chi connectivity index (χ1) is 9.10. The third-order valence-electron chi connectivity index (χ3n) is 2.79. The Morgan fingerprint density at radius 3 is 2.84 bits per heavy atom. The highest BCUT2D eigenvalue weighted by molar-refractivity contribution is 9.10. The minimum absolute atomic E-state index is 0.125. The van der Waals surface area contributed by atoms with Crippen LogP contribution in [0.2, 0.25) is 0 Å². The summed E-state index contributed by atoms with van der Waals surface area (Å²) in [5.41, 5.74) is 2.15. The second kappa shape index (κ2) is 8.32. The van der Waals surface area contributed by atoms with E-state index < -0.39 is 0 Å². The lowest BCUT2D eigenvalue weighted by atomic mass is 10.3. The van der Waals surface area contributed by atoms with Gasteiger partial charge in [0.2, 0.25) is 0 Å². The lowest BCUT2D eigenvalue weighted by molar-refractivity contribution is -0.143. The summed E-state index contributed by atoms with van der Waals surface area (Å²) in [5, 5.41) is 7.77. The van der Waals surface area contributed by atoms with E-state index in [0.717, 1.165) is 41.9 Å². The van der Waals surface area contributed by atoms with E-state index in [1.807, 2.05) is 18.5 Å². The molecule has 0 aliphatic rings. The van der Waals surface area contributed by atoms with Crippen molar-refractivity contribution in [1.29, 1.82) is 0 Å². The topological polar surface area (TPSA) is 56.1 Å². The van der Waals surface area contributed by atoms with Gasteiger partial charge in [0.1, 0.15) is 0 Å². The SMILES string of the molecule is CCOC(=O)CCCNCc1c(Br)c(C)nn1CC. The monoisotopic (exact) mass is 331 g/mol. The van der Waals surface area contributed by atoms with Crippen LogP contribution < -0.4 is 5.32 Å². The van der Waals surface area contributed by atoms with Crippen molar-refractivity contribution in [2.75, 3.05) is 13.2 Å². The molecule has 0 saturated carbocycles. The first-order valence-corrected chi connectivity index (χ1v) is 7.47. The number of carbonyl (C=O) groups is 1. The van der Waals surface area contributed by atoms with Crippen LogP contribution in [-0.2, 0) is 22.6 Å². The van der Waals surface area contributed by atoms with Gasteiger partial charge in [-0.05, 0) is 49.7 Å². The molecule has 1 N–H and O–H groups in total. The van der Waals surface area contributed by atoms with Crippen molar-refractivity contribution in [2.24, 2.45) is 0 Å². The fraction of sp³-hybridized carbons (Fsp3) is 0.692. The Kier molecular flexibility index (Phi) is 7.09. The van der Waals surface area contributed by atoms with Crippen molar-refractivity contribution in [2.45, 2.75) is 46.7 Å². The number of hydrogen-bond acceptors (Lipinski definition) is 4. The molecule has 0 amide bonds. The number of nitrogens with zero attached hydrogens (tertiary/aromatic N) is 2. The van der Waals surface area contributed by atoms with Gasteiger partial charge in [0, 0.05) is 19.5 Å². The fourth-order valence-electron chi connectivity index (χ4n) is 1.84. The molecule has 19 heavy (non-hydrogen) atoms. The maximum absolute atomic E-state index is 11.2. The molecule has 1 rings (SSSR count). The van der Waals surface area contributed by atoms with Crippen LogP contribution >= 0.6 is 15.9 Å². The lowest BCUT2D eigenvalue weighted by Crippen LogP contribution is -2.19. The normalized spacial score (nSPS) is 10.7. The van der Waals surface area contributed by atoms with Gasteiger partial charge in [0.15, 0.2) is 0 Å². The lowest BCUT2D eigenvalue weighted by Gasteiger charge is -2.07. The largest absolute Gasteiger partial charge is 0.466 e. The third kappa shape index (κ3) is 4.95. The van der Waals surface area contributed by atoms with Crippen LogP contribution in [0.5, 0.6) is 0 Å². The number of aromatic nitrogens is 2. The first-order valence-electron chi connectivity index (χ1n) is 6.68. The minimum Gasteiger partial charge on any atom is -0.466 e. The maximum Gasteiger partial charge on any atom is 0.305 e. The molecule has 1 heterocycles. The van der Waals surface area contributed by atoms with Crippen molar-refractivity contribution < 1.29 is 9.53 Å². The van der Waals surface area contributed by atoms with E-state index in [1.165, 1.54) is 0 Å². The second-order valence-corrected chi connectivity index (χ2v) is 5.04. The van der Waals surface area contributed by atoms with Gasteiger partial charge in [-0.25, -0.2) is 0 Å². The second-order valence-electron chi connectivity index (χ2n) is 4.25. The van der Waals surface area contributed by atoms with Crippen molar-refractivity contribution in [3.63, 3.8) is 0 Å². The number of esters is 1. The summed E-state index contributed by atoms with van der Waals surface area (Å²) in [7, 11) is 0. The van der Waals surface area contributed by atoms with E-state index in [1.54, 1.807) is 0 Å². The molecule has 1 aromatic heterocycles. The highest BCUT2D eigenvalue weighted by Crippen LogP contribution is 2.20. The summed E-state index contributed by atoms with van der Waals surface area (Å²) < 4.78 is 7.92. The molecule has 5 nitrogen and oxygen atoms in total. The van der Waals surface area contributed by atoms with Gasteiger partial charge in [-0.3, -0.25) is 9.48 Å². The number of carbonyl (C=O) groups excluding carboxylic acids is 1. The predicted octanol–water partition coefficient (Wildman–Crippen LogP) is 2.41. The van der Waals surface area contributed by atoms with Crippen LogP contribution in [0.15, 0.2) is 4.47 Å². The number of rotatable bonds is 8. The highest BCUT2D eigenvalue weighted by atomic mass is 79.9. The van der Waals surface area contributed by atoms with Crippen LogP contribution in [0.25, 0.3) is 0 Å². The summed E-state index contributed by atoms with van der Waals surface area (Å²) in [6, 6.07) is 0. The number of nitrogens with one attached hydrogen (secondary N) is 1. The van der Waals surface area contributed by atoms with Crippen molar-refractivity contribution >= 4 is 21.9 Å². The van der Waals surface area contributed by atoms with Gasteiger partial charge in [-0.15, -0.1) is 0 Å². The molecule has 0 spiro atoms. The molecule has 0 aliphatic heterocycles. The smallest absolute Gasteiger partial charge is 0.305 e. The molecule has 0 saturated heterocycles. The maximum atomic E-state index is 11.2. The van der Waals surface area contributed by atoms with Gasteiger partial charge in [-0.1, -0.05) is 0 Å². The van der Waals surface area contributed by atoms with E-state index in [9.17, 15) is 4.79 Å². The first kappa shape index (κ1) is 16.2. The Morgan fingerprint density at radius 1 is 1.47 bits per heavy atom. The molecule has 0 fully saturated rings. The fourth-order valence-corrected chi connectivity index (χ4v) is 2.26. The number of halogens is 1. The molecule has 0 radical (unpaired) electrons. The predicted molar refractivity (Wildman–Crippen MR) is 77.9 cm³/mol. The van der Waals surface area contributed by atoms with E-state index in [2.05, 4.69) is 33.3 Å². The van der Waals surface area contributed by atoms with Gasteiger partial charge in [0.25, 0.3) is 0 Å². The molecular weight excluding hydrogens is 310 g/mol. The van der Waals surface area contributed by atoms with E-state index >= 15 is 0 Å². The van der Waals surface area contributed by atoms with Crippen molar-refractivity contribution in [1.82, 2.24) is 15.1 Å². The highest BCUT2D eigenvalue weighted by Gasteiger charge is 2.11. The Morgan fingerprint density at radius 2 is 2.21 bits per heavy atom. The van der Waals surface area contributed by atoms with Gasteiger partial charge < -0.3 is 10.1 Å². The van der Waals surface area contributed by atoms with E-state index in [0.29, 0.717) is 13.0 Å². The number of aryl methyl sites for hydroxylation is 2. The molecule has 0 bridgehead atoms. The van der Waals surface area contributed by atoms with Gasteiger partial charge in [-0.2, -0.15) is 5.10 Å². The van der Waals surface area contributed by atoms with Crippen LogP contribution in [0.3, 0.4) is 0 Å². The zero-order valence-corrected chi connectivity index (χ0v) is 13.4.